The SMILES string of the molecule is CC[n+]1c(C)n(C)c2c(C)c(C)c(C)nc21.CC[n+]1c(C)n(C)c2c(C)c(C)cnc21.CC[n+]1c(C)n(C)c2c(C)cc(C)nc21.CC[n+]1c(C)n(C)c2cc(C)c(C)nc21.CC[n+]1c(C)n(C)c2cc(C)cnc21.CC[n+]1c(C)n(C)c2ccc(C)nc21. The molecule has 0 spiro atoms. The minimum Gasteiger partial charge on any atom is -0.260 e. The highest BCUT2D eigenvalue weighted by atomic mass is 15.2. The number of pyridine rings is 6. The van der Waals surface area contributed by atoms with Crippen molar-refractivity contribution in [1.29, 1.82) is 0 Å². The average molecular weight is 1210 g/mol. The minimum atomic E-state index is 0.970. The minimum absolute atomic E-state index is 0.970. The molecule has 0 saturated carbocycles. The van der Waals surface area contributed by atoms with Crippen molar-refractivity contribution in [1.82, 2.24) is 57.3 Å². The molecule has 0 N–H and O–H groups in total. The van der Waals surface area contributed by atoms with Crippen LogP contribution in [0.25, 0.3) is 67.0 Å². The van der Waals surface area contributed by atoms with E-state index in [0.717, 1.165) is 95.9 Å². The topological polar surface area (TPSA) is 130 Å². The molecular formula is C71H106N18+6. The number of aromatic nitrogens is 18. The smallest absolute Gasteiger partial charge is 0.260 e. The van der Waals surface area contributed by atoms with Crippen LogP contribution in [-0.4, -0.2) is 57.3 Å². The highest BCUT2D eigenvalue weighted by Crippen LogP contribution is 2.23. The summed E-state index contributed by atoms with van der Waals surface area (Å²) in [6, 6.07) is 10.7. The van der Waals surface area contributed by atoms with E-state index in [1.165, 1.54) is 107 Å². The number of fused-ring (bicyclic) bond motifs is 6. The highest BCUT2D eigenvalue weighted by molar-refractivity contribution is 5.76. The number of hydrogen-bond acceptors (Lipinski definition) is 6. The highest BCUT2D eigenvalue weighted by Gasteiger charge is 2.26. The van der Waals surface area contributed by atoms with Crippen molar-refractivity contribution in [3.8, 4) is 0 Å². The maximum absolute atomic E-state index is 4.73. The van der Waals surface area contributed by atoms with Gasteiger partial charge in [-0.3, -0.25) is 27.4 Å². The van der Waals surface area contributed by atoms with Gasteiger partial charge in [-0.15, -0.1) is 29.9 Å². The Kier molecular flexibility index (Phi) is 21.2. The third-order valence-electron chi connectivity index (χ3n) is 19.0. The van der Waals surface area contributed by atoms with Crippen LogP contribution in [0, 0.1) is 118 Å². The first-order chi connectivity index (χ1) is 42.0. The third kappa shape index (κ3) is 12.7. The van der Waals surface area contributed by atoms with Gasteiger partial charge in [0.1, 0.15) is 35.2 Å². The Morgan fingerprint density at radius 3 is 1.20 bits per heavy atom. The molecule has 12 rings (SSSR count). The van der Waals surface area contributed by atoms with Crippen molar-refractivity contribution >= 4 is 67.0 Å². The summed E-state index contributed by atoms with van der Waals surface area (Å²) < 4.78 is 26.8. The van der Waals surface area contributed by atoms with Crippen LogP contribution < -0.4 is 27.4 Å². The third-order valence-corrected chi connectivity index (χ3v) is 19.0. The predicted molar refractivity (Wildman–Crippen MR) is 360 cm³/mol. The van der Waals surface area contributed by atoms with Crippen LogP contribution in [0.5, 0.6) is 0 Å². The largest absolute Gasteiger partial charge is 0.302 e. The fraction of sp³-hybridized carbons (Fsp3) is 0.493. The summed E-state index contributed by atoms with van der Waals surface area (Å²) in [5.74, 6) is 7.53. The lowest BCUT2D eigenvalue weighted by atomic mass is 10.1. The first-order valence-corrected chi connectivity index (χ1v) is 31.9. The molecule has 0 saturated heterocycles. The number of rotatable bonds is 6. The van der Waals surface area contributed by atoms with Crippen molar-refractivity contribution < 1.29 is 27.4 Å². The van der Waals surface area contributed by atoms with Gasteiger partial charge in [-0.25, -0.2) is 27.4 Å². The molecule has 0 unspecified atom stereocenters. The molecule has 0 aliphatic rings. The predicted octanol–water partition coefficient (Wildman–Crippen LogP) is 10.5. The van der Waals surface area contributed by atoms with E-state index in [-0.39, 0.29) is 0 Å². The number of hydrogen-bond donors (Lipinski definition) is 0. The van der Waals surface area contributed by atoms with E-state index in [1.807, 2.05) is 19.3 Å². The zero-order chi connectivity index (χ0) is 66.1. The first kappa shape index (κ1) is 68.2. The lowest BCUT2D eigenvalue weighted by molar-refractivity contribution is -0.676. The van der Waals surface area contributed by atoms with E-state index >= 15 is 0 Å². The number of aryl methyl sites for hydroxylation is 22. The van der Waals surface area contributed by atoms with Gasteiger partial charge in [0, 0.05) is 52.7 Å². The maximum Gasteiger partial charge on any atom is 0.302 e. The molecule has 18 nitrogen and oxygen atoms in total. The van der Waals surface area contributed by atoms with Crippen LogP contribution in [0.3, 0.4) is 0 Å². The van der Waals surface area contributed by atoms with Crippen LogP contribution in [0.2, 0.25) is 0 Å². The van der Waals surface area contributed by atoms with Crippen molar-refractivity contribution in [3.05, 3.63) is 139 Å². The van der Waals surface area contributed by atoms with Crippen LogP contribution in [0.15, 0.2) is 42.7 Å². The zero-order valence-electron chi connectivity index (χ0n) is 59.8. The number of nitrogens with zero attached hydrogens (tertiary/aromatic N) is 18. The van der Waals surface area contributed by atoms with E-state index in [4.69, 9.17) is 4.98 Å². The Bertz CT molecular complexity index is 4600. The summed E-state index contributed by atoms with van der Waals surface area (Å²) in [6.07, 6.45) is 3.89. The van der Waals surface area contributed by atoms with Gasteiger partial charge in [0.2, 0.25) is 34.9 Å². The van der Waals surface area contributed by atoms with Gasteiger partial charge in [0.05, 0.1) is 81.6 Å². The van der Waals surface area contributed by atoms with Crippen molar-refractivity contribution in [2.24, 2.45) is 42.3 Å². The van der Waals surface area contributed by atoms with Crippen molar-refractivity contribution in [2.75, 3.05) is 0 Å². The fourth-order valence-corrected chi connectivity index (χ4v) is 12.6. The second kappa shape index (κ2) is 27.6. The summed E-state index contributed by atoms with van der Waals surface area (Å²) >= 11 is 0. The quantitative estimate of drug-likeness (QED) is 0.152. The standard InChI is InChI=1S/C13H20N3.3C12H18N3.2C11H16N3/c1-7-16-11(5)15(6)12-9(3)8(2)10(4)14-13(12)16;1-6-15-10(4)14(5)11-9(3)8(2)7-13-12(11)15;1-6-15-10(4)14(5)11-7-8(2)9(3)13-12(11)15;1-6-15-10(4)14(5)11-8(2)7-9(3)13-12(11)15;1-5-14-9(3)13(4)10-6-8(2)7-12-11(10)14;1-5-14-9(3)13(4)10-7-6-8(2)12-11(10)14/h7H2,1-6H3;3*7H,6H2,1-5H3;2*6-7H,5H2,1-4H3/q6*+1. The average Bonchev–Trinajstić information content (AvgIpc) is 2.68. The summed E-state index contributed by atoms with van der Waals surface area (Å²) in [6.45, 7) is 54.8. The van der Waals surface area contributed by atoms with Gasteiger partial charge in [0.15, 0.2) is 33.1 Å². The Labute approximate surface area is 529 Å². The molecule has 0 amide bonds. The Balaban J connectivity index is 0.000000152. The van der Waals surface area contributed by atoms with Gasteiger partial charge >= 0.3 is 33.9 Å². The van der Waals surface area contributed by atoms with E-state index in [1.54, 1.807) is 0 Å². The molecule has 0 fully saturated rings. The molecule has 0 radical (unpaired) electrons. The Morgan fingerprint density at radius 1 is 0.303 bits per heavy atom. The second-order valence-electron chi connectivity index (χ2n) is 24.1. The fourth-order valence-electron chi connectivity index (χ4n) is 12.6. The Hall–Kier alpha value is -8.28. The van der Waals surface area contributed by atoms with Crippen molar-refractivity contribution in [3.63, 3.8) is 0 Å². The molecule has 89 heavy (non-hydrogen) atoms. The van der Waals surface area contributed by atoms with Gasteiger partial charge in [0.25, 0.3) is 0 Å². The normalized spacial score (nSPS) is 11.2. The van der Waals surface area contributed by atoms with Crippen LogP contribution in [0.4, 0.5) is 0 Å². The molecule has 12 heterocycles. The molecule has 0 aliphatic carbocycles. The van der Waals surface area contributed by atoms with Gasteiger partial charge in [-0.2, -0.15) is 0 Å². The van der Waals surface area contributed by atoms with E-state index in [9.17, 15) is 0 Å². The van der Waals surface area contributed by atoms with Crippen LogP contribution >= 0.6 is 0 Å². The van der Waals surface area contributed by atoms with Crippen LogP contribution in [-0.2, 0) is 81.6 Å². The monoisotopic (exact) mass is 1210 g/mol. The lowest BCUT2D eigenvalue weighted by Crippen LogP contribution is -2.35. The zero-order valence-corrected chi connectivity index (χ0v) is 59.8. The maximum atomic E-state index is 4.73. The van der Waals surface area contributed by atoms with Gasteiger partial charge in [-0.05, 0) is 176 Å². The van der Waals surface area contributed by atoms with E-state index in [0.29, 0.717) is 0 Å². The van der Waals surface area contributed by atoms with Gasteiger partial charge < -0.3 is 0 Å². The molecule has 0 bridgehead atoms. The lowest BCUT2D eigenvalue weighted by Gasteiger charge is -2.01. The molecule has 18 heteroatoms. The molecule has 474 valence electrons. The van der Waals surface area contributed by atoms with Crippen LogP contribution in [0.1, 0.15) is 138 Å². The second-order valence-corrected chi connectivity index (χ2v) is 24.1. The molecular weight excluding hydrogens is 1100 g/mol. The van der Waals surface area contributed by atoms with E-state index < -0.39 is 0 Å². The summed E-state index contributed by atoms with van der Waals surface area (Å²) in [7, 11) is 12.6. The summed E-state index contributed by atoms with van der Waals surface area (Å²) in [4.78, 5) is 27.6. The molecule has 0 aliphatic heterocycles. The Morgan fingerprint density at radius 2 is 0.685 bits per heavy atom. The molecule has 12 aromatic heterocycles. The first-order valence-electron chi connectivity index (χ1n) is 31.9. The molecule has 0 atom stereocenters. The summed E-state index contributed by atoms with van der Waals surface area (Å²) in [5, 5.41) is 0. The van der Waals surface area contributed by atoms with E-state index in [2.05, 4.69) is 305 Å². The molecule has 12 aromatic rings. The van der Waals surface area contributed by atoms with Crippen molar-refractivity contribution in [2.45, 2.75) is 199 Å². The molecule has 0 aromatic carbocycles. The summed E-state index contributed by atoms with van der Waals surface area (Å²) in [5.41, 5.74) is 27.4. The number of imidazole rings is 6. The van der Waals surface area contributed by atoms with Gasteiger partial charge in [-0.1, -0.05) is 0 Å².